The maximum absolute atomic E-state index is 12.9. The monoisotopic (exact) mass is 381 g/mol. The summed E-state index contributed by atoms with van der Waals surface area (Å²) in [5.74, 6) is -0.211. The predicted molar refractivity (Wildman–Crippen MR) is 114 cm³/mol. The molecule has 2 N–H and O–H groups in total. The van der Waals surface area contributed by atoms with Crippen LogP contribution in [-0.4, -0.2) is 35.8 Å². The quantitative estimate of drug-likeness (QED) is 0.719. The fourth-order valence-corrected chi connectivity index (χ4v) is 2.81. The molecular weight excluding hydrogens is 350 g/mol. The lowest BCUT2D eigenvalue weighted by Crippen LogP contribution is -2.42. The summed E-state index contributed by atoms with van der Waals surface area (Å²) in [6.45, 7) is 8.80. The molecule has 150 valence electrons. The second kappa shape index (κ2) is 9.51. The van der Waals surface area contributed by atoms with Crippen LogP contribution in [0.5, 0.6) is 0 Å². The molecule has 0 aliphatic rings. The van der Waals surface area contributed by atoms with Gasteiger partial charge >= 0.3 is 0 Å². The third kappa shape index (κ3) is 5.67. The van der Waals surface area contributed by atoms with Gasteiger partial charge in [0, 0.05) is 16.8 Å². The second-order valence-corrected chi connectivity index (χ2v) is 7.64. The summed E-state index contributed by atoms with van der Waals surface area (Å²) in [7, 11) is 1.93. The van der Waals surface area contributed by atoms with E-state index in [1.165, 1.54) is 0 Å². The molecule has 0 aliphatic heterocycles. The number of hydrogen-bond donors (Lipinski definition) is 2. The van der Waals surface area contributed by atoms with Crippen LogP contribution in [0.25, 0.3) is 0 Å². The van der Waals surface area contributed by atoms with Gasteiger partial charge in [0.05, 0.1) is 0 Å². The van der Waals surface area contributed by atoms with Crippen molar-refractivity contribution in [2.24, 2.45) is 0 Å². The lowest BCUT2D eigenvalue weighted by molar-refractivity contribution is -0.121. The molecule has 2 amide bonds. The molecule has 0 fully saturated rings. The SMILES string of the molecule is CCN(C)C(C(=O)Nc1ccc(C(=O)NC(C)(C)CC)cc1)c1ccccc1. The van der Waals surface area contributed by atoms with Crippen LogP contribution in [0, 0.1) is 0 Å². The molecule has 0 radical (unpaired) electrons. The maximum Gasteiger partial charge on any atom is 0.251 e. The van der Waals surface area contributed by atoms with Gasteiger partial charge in [-0.1, -0.05) is 44.2 Å². The normalized spacial score (nSPS) is 12.5. The Hall–Kier alpha value is -2.66. The molecule has 28 heavy (non-hydrogen) atoms. The lowest BCUT2D eigenvalue weighted by Gasteiger charge is -2.26. The second-order valence-electron chi connectivity index (χ2n) is 7.64. The number of carbonyl (C=O) groups excluding carboxylic acids is 2. The smallest absolute Gasteiger partial charge is 0.251 e. The summed E-state index contributed by atoms with van der Waals surface area (Å²) < 4.78 is 0. The van der Waals surface area contributed by atoms with Crippen molar-refractivity contribution < 1.29 is 9.59 Å². The lowest BCUT2D eigenvalue weighted by atomic mass is 10.0. The van der Waals surface area contributed by atoms with Crippen LogP contribution in [0.4, 0.5) is 5.69 Å². The van der Waals surface area contributed by atoms with Crippen molar-refractivity contribution in [3.63, 3.8) is 0 Å². The van der Waals surface area contributed by atoms with Crippen LogP contribution in [0.2, 0.25) is 0 Å². The maximum atomic E-state index is 12.9. The standard InChI is InChI=1S/C23H31N3O2/c1-6-23(3,4)25-21(27)18-13-15-19(16-14-18)24-22(28)20(26(5)7-2)17-11-9-8-10-12-17/h8-16,20H,6-7H2,1-5H3,(H,24,28)(H,25,27). The highest BCUT2D eigenvalue weighted by Gasteiger charge is 2.24. The summed E-state index contributed by atoms with van der Waals surface area (Å²) in [6.07, 6.45) is 0.846. The Labute approximate surface area is 168 Å². The van der Waals surface area contributed by atoms with Crippen LogP contribution in [-0.2, 0) is 4.79 Å². The van der Waals surface area contributed by atoms with Gasteiger partial charge in [0.25, 0.3) is 5.91 Å². The van der Waals surface area contributed by atoms with Gasteiger partial charge in [-0.05, 0) is 63.7 Å². The molecule has 2 aromatic carbocycles. The molecule has 2 rings (SSSR count). The molecule has 0 spiro atoms. The first-order valence-electron chi connectivity index (χ1n) is 9.76. The summed E-state index contributed by atoms with van der Waals surface area (Å²) in [5.41, 5.74) is 1.94. The van der Waals surface area contributed by atoms with E-state index in [0.29, 0.717) is 11.3 Å². The molecule has 0 aromatic heterocycles. The minimum atomic E-state index is -0.375. The molecule has 0 saturated heterocycles. The zero-order chi connectivity index (χ0) is 20.7. The van der Waals surface area contributed by atoms with Crippen LogP contribution >= 0.6 is 0 Å². The largest absolute Gasteiger partial charge is 0.347 e. The van der Waals surface area contributed by atoms with E-state index in [2.05, 4.69) is 10.6 Å². The third-order valence-electron chi connectivity index (χ3n) is 5.05. The Morgan fingerprint density at radius 3 is 2.14 bits per heavy atom. The average Bonchev–Trinajstić information content (AvgIpc) is 2.69. The van der Waals surface area contributed by atoms with Crippen molar-refractivity contribution in [1.29, 1.82) is 0 Å². The number of benzene rings is 2. The molecule has 5 nitrogen and oxygen atoms in total. The number of rotatable bonds is 8. The Balaban J connectivity index is 2.11. The Morgan fingerprint density at radius 2 is 1.61 bits per heavy atom. The van der Waals surface area contributed by atoms with E-state index in [9.17, 15) is 9.59 Å². The topological polar surface area (TPSA) is 61.4 Å². The number of amides is 2. The van der Waals surface area contributed by atoms with E-state index in [1.807, 2.05) is 70.0 Å². The van der Waals surface area contributed by atoms with Crippen molar-refractivity contribution in [3.05, 3.63) is 65.7 Å². The van der Waals surface area contributed by atoms with E-state index in [4.69, 9.17) is 0 Å². The van der Waals surface area contributed by atoms with E-state index < -0.39 is 0 Å². The van der Waals surface area contributed by atoms with Crippen LogP contribution < -0.4 is 10.6 Å². The van der Waals surface area contributed by atoms with Gasteiger partial charge in [-0.3, -0.25) is 14.5 Å². The molecule has 5 heteroatoms. The molecule has 0 aliphatic carbocycles. The number of anilines is 1. The number of nitrogens with one attached hydrogen (secondary N) is 2. The van der Waals surface area contributed by atoms with Crippen molar-refractivity contribution in [2.75, 3.05) is 18.9 Å². The van der Waals surface area contributed by atoms with E-state index in [1.54, 1.807) is 24.3 Å². The van der Waals surface area contributed by atoms with E-state index in [-0.39, 0.29) is 23.4 Å². The third-order valence-corrected chi connectivity index (χ3v) is 5.05. The average molecular weight is 382 g/mol. The summed E-state index contributed by atoms with van der Waals surface area (Å²) >= 11 is 0. The first-order valence-corrected chi connectivity index (χ1v) is 9.76. The predicted octanol–water partition coefficient (Wildman–Crippen LogP) is 4.24. The number of carbonyl (C=O) groups is 2. The molecule has 0 heterocycles. The van der Waals surface area contributed by atoms with Crippen LogP contribution in [0.1, 0.15) is 56.1 Å². The molecule has 1 atom stereocenters. The van der Waals surface area contributed by atoms with Crippen molar-refractivity contribution in [1.82, 2.24) is 10.2 Å². The van der Waals surface area contributed by atoms with Gasteiger partial charge in [0.1, 0.15) is 6.04 Å². The van der Waals surface area contributed by atoms with Gasteiger partial charge in [-0.15, -0.1) is 0 Å². The van der Waals surface area contributed by atoms with Crippen molar-refractivity contribution in [2.45, 2.75) is 45.7 Å². The number of nitrogens with zero attached hydrogens (tertiary/aromatic N) is 1. The van der Waals surface area contributed by atoms with Crippen molar-refractivity contribution in [3.8, 4) is 0 Å². The first kappa shape index (κ1) is 21.6. The van der Waals surface area contributed by atoms with Gasteiger partial charge < -0.3 is 10.6 Å². The summed E-state index contributed by atoms with van der Waals surface area (Å²) in [4.78, 5) is 27.3. The Morgan fingerprint density at radius 1 is 1.00 bits per heavy atom. The molecule has 0 saturated carbocycles. The van der Waals surface area contributed by atoms with Crippen LogP contribution in [0.3, 0.4) is 0 Å². The zero-order valence-electron chi connectivity index (χ0n) is 17.5. The van der Waals surface area contributed by atoms with E-state index >= 15 is 0 Å². The molecule has 0 bridgehead atoms. The molecular formula is C23H31N3O2. The highest BCUT2D eigenvalue weighted by Crippen LogP contribution is 2.22. The summed E-state index contributed by atoms with van der Waals surface area (Å²) in [5, 5.41) is 5.98. The minimum absolute atomic E-state index is 0.0973. The van der Waals surface area contributed by atoms with Crippen molar-refractivity contribution >= 4 is 17.5 Å². The van der Waals surface area contributed by atoms with Gasteiger partial charge in [-0.25, -0.2) is 0 Å². The highest BCUT2D eigenvalue weighted by atomic mass is 16.2. The van der Waals surface area contributed by atoms with Gasteiger partial charge in [0.15, 0.2) is 0 Å². The highest BCUT2D eigenvalue weighted by molar-refractivity contribution is 5.97. The number of likely N-dealkylation sites (N-methyl/N-ethyl adjacent to an activating group) is 1. The van der Waals surface area contributed by atoms with Gasteiger partial charge in [0.2, 0.25) is 5.91 Å². The van der Waals surface area contributed by atoms with Gasteiger partial charge in [-0.2, -0.15) is 0 Å². The fraction of sp³-hybridized carbons (Fsp3) is 0.391. The van der Waals surface area contributed by atoms with E-state index in [0.717, 1.165) is 18.5 Å². The zero-order valence-corrected chi connectivity index (χ0v) is 17.5. The Bertz CT molecular complexity index is 785. The first-order chi connectivity index (χ1) is 13.3. The minimum Gasteiger partial charge on any atom is -0.347 e. The summed E-state index contributed by atoms with van der Waals surface area (Å²) in [6, 6.07) is 16.3. The Kier molecular flexibility index (Phi) is 7.35. The molecule has 2 aromatic rings. The number of hydrogen-bond acceptors (Lipinski definition) is 3. The van der Waals surface area contributed by atoms with Crippen LogP contribution in [0.15, 0.2) is 54.6 Å². The molecule has 1 unspecified atom stereocenters. The fourth-order valence-electron chi connectivity index (χ4n) is 2.81.